The number of aryl methyl sites for hydroxylation is 2. The Morgan fingerprint density at radius 3 is 2.44 bits per heavy atom. The summed E-state index contributed by atoms with van der Waals surface area (Å²) >= 11 is 0. The fraction of sp³-hybridized carbons (Fsp3) is 0.304. The average molecular weight is 439 g/mol. The molecule has 1 saturated heterocycles. The number of carbonyl (C=O) groups excluding carboxylic acids is 2. The van der Waals surface area contributed by atoms with E-state index in [4.69, 9.17) is 0 Å². The molecule has 2 heterocycles. The van der Waals surface area contributed by atoms with Gasteiger partial charge in [-0.15, -0.1) is 5.10 Å². The van der Waals surface area contributed by atoms with E-state index in [1.165, 1.54) is 11.6 Å². The molecule has 0 spiro atoms. The van der Waals surface area contributed by atoms with Crippen LogP contribution in [0.2, 0.25) is 0 Å². The predicted octanol–water partition coefficient (Wildman–Crippen LogP) is 3.20. The van der Waals surface area contributed by atoms with Crippen LogP contribution in [-0.2, 0) is 0 Å². The molecule has 0 radical (unpaired) electrons. The Labute approximate surface area is 184 Å². The monoisotopic (exact) mass is 439 g/mol. The lowest BCUT2D eigenvalue weighted by Gasteiger charge is -2.31. The predicted molar refractivity (Wildman–Crippen MR) is 114 cm³/mol. The molecule has 0 saturated carbocycles. The van der Waals surface area contributed by atoms with Gasteiger partial charge in [0, 0.05) is 24.7 Å². The van der Waals surface area contributed by atoms with Gasteiger partial charge in [-0.3, -0.25) is 9.59 Å². The highest BCUT2D eigenvalue weighted by Gasteiger charge is 2.26. The second kappa shape index (κ2) is 8.86. The summed E-state index contributed by atoms with van der Waals surface area (Å²) in [4.78, 5) is 26.8. The van der Waals surface area contributed by atoms with Gasteiger partial charge < -0.3 is 10.2 Å². The molecule has 9 heteroatoms. The van der Waals surface area contributed by atoms with Gasteiger partial charge in [-0.1, -0.05) is 11.3 Å². The highest BCUT2D eigenvalue weighted by atomic mass is 19.2. The lowest BCUT2D eigenvalue weighted by molar-refractivity contribution is 0.0692. The third kappa shape index (κ3) is 4.51. The van der Waals surface area contributed by atoms with Crippen molar-refractivity contribution in [1.29, 1.82) is 0 Å². The van der Waals surface area contributed by atoms with Gasteiger partial charge in [0.25, 0.3) is 11.8 Å². The average Bonchev–Trinajstić information content (AvgIpc) is 3.28. The molecule has 2 amide bonds. The fourth-order valence-corrected chi connectivity index (χ4v) is 3.65. The number of carbonyl (C=O) groups is 2. The van der Waals surface area contributed by atoms with E-state index in [0.29, 0.717) is 25.9 Å². The zero-order valence-corrected chi connectivity index (χ0v) is 17.8. The molecule has 1 aliphatic heterocycles. The summed E-state index contributed by atoms with van der Waals surface area (Å²) in [6, 6.07) is 8.79. The number of rotatable bonds is 4. The summed E-state index contributed by atoms with van der Waals surface area (Å²) in [6.07, 6.45) is 2.71. The van der Waals surface area contributed by atoms with Crippen molar-refractivity contribution >= 4 is 11.8 Å². The van der Waals surface area contributed by atoms with E-state index >= 15 is 0 Å². The largest absolute Gasteiger partial charge is 0.349 e. The summed E-state index contributed by atoms with van der Waals surface area (Å²) in [5.74, 6) is -2.75. The molecule has 166 valence electrons. The van der Waals surface area contributed by atoms with Crippen molar-refractivity contribution < 1.29 is 18.4 Å². The third-order valence-corrected chi connectivity index (χ3v) is 5.77. The molecule has 0 atom stereocenters. The van der Waals surface area contributed by atoms with Gasteiger partial charge in [0.2, 0.25) is 0 Å². The summed E-state index contributed by atoms with van der Waals surface area (Å²) in [7, 11) is 0. The molecule has 1 aromatic heterocycles. The van der Waals surface area contributed by atoms with Gasteiger partial charge in [0.15, 0.2) is 17.3 Å². The minimum atomic E-state index is -1.06. The maximum absolute atomic E-state index is 13.4. The summed E-state index contributed by atoms with van der Waals surface area (Å²) in [6.45, 7) is 4.92. The SMILES string of the molecule is Cc1ccc(-n2cc(C(=O)N3CCC(NC(=O)c4ccc(F)c(F)c4)CC3)nn2)cc1C. The fourth-order valence-electron chi connectivity index (χ4n) is 3.65. The number of piperidine rings is 1. The Kier molecular flexibility index (Phi) is 5.98. The highest BCUT2D eigenvalue weighted by Crippen LogP contribution is 2.17. The van der Waals surface area contributed by atoms with E-state index in [-0.39, 0.29) is 23.2 Å². The normalized spacial score (nSPS) is 14.4. The maximum atomic E-state index is 13.4. The molecule has 1 N–H and O–H groups in total. The number of likely N-dealkylation sites (tertiary alicyclic amines) is 1. The van der Waals surface area contributed by atoms with Crippen LogP contribution in [0.3, 0.4) is 0 Å². The topological polar surface area (TPSA) is 80.1 Å². The first-order valence-electron chi connectivity index (χ1n) is 10.4. The zero-order chi connectivity index (χ0) is 22.8. The Bertz CT molecular complexity index is 1170. The van der Waals surface area contributed by atoms with Crippen LogP contribution in [0.5, 0.6) is 0 Å². The molecule has 32 heavy (non-hydrogen) atoms. The molecule has 3 aromatic rings. The van der Waals surface area contributed by atoms with E-state index in [1.807, 2.05) is 32.0 Å². The molecule has 1 fully saturated rings. The van der Waals surface area contributed by atoms with Crippen LogP contribution in [0.25, 0.3) is 5.69 Å². The molecule has 0 aliphatic carbocycles. The Morgan fingerprint density at radius 1 is 1.00 bits per heavy atom. The number of amides is 2. The van der Waals surface area contributed by atoms with Crippen molar-refractivity contribution in [3.8, 4) is 5.69 Å². The molecule has 0 bridgehead atoms. The lowest BCUT2D eigenvalue weighted by Crippen LogP contribution is -2.46. The van der Waals surface area contributed by atoms with E-state index in [2.05, 4.69) is 15.6 Å². The number of benzene rings is 2. The summed E-state index contributed by atoms with van der Waals surface area (Å²) in [5, 5.41) is 10.9. The minimum Gasteiger partial charge on any atom is -0.349 e. The second-order valence-electron chi connectivity index (χ2n) is 7.99. The highest BCUT2D eigenvalue weighted by molar-refractivity contribution is 5.94. The number of aromatic nitrogens is 3. The number of nitrogens with one attached hydrogen (secondary N) is 1. The standard InChI is InChI=1S/C23H23F2N5O2/c1-14-3-5-18(11-15(14)2)30-13-21(27-28-30)23(32)29-9-7-17(8-10-29)26-22(31)16-4-6-19(24)20(25)12-16/h3-6,11-13,17H,7-10H2,1-2H3,(H,26,31). The Morgan fingerprint density at radius 2 is 1.75 bits per heavy atom. The third-order valence-electron chi connectivity index (χ3n) is 5.77. The van der Waals surface area contributed by atoms with E-state index in [9.17, 15) is 18.4 Å². The zero-order valence-electron chi connectivity index (χ0n) is 17.8. The van der Waals surface area contributed by atoms with Gasteiger partial charge in [-0.25, -0.2) is 13.5 Å². The minimum absolute atomic E-state index is 0.0605. The van der Waals surface area contributed by atoms with E-state index in [1.54, 1.807) is 15.8 Å². The number of halogens is 2. The summed E-state index contributed by atoms with van der Waals surface area (Å²) in [5.41, 5.74) is 3.44. The maximum Gasteiger partial charge on any atom is 0.276 e. The molecule has 2 aromatic carbocycles. The molecule has 0 unspecified atom stereocenters. The smallest absolute Gasteiger partial charge is 0.276 e. The van der Waals surface area contributed by atoms with Gasteiger partial charge in [-0.05, 0) is 68.1 Å². The molecule has 7 nitrogen and oxygen atoms in total. The van der Waals surface area contributed by atoms with E-state index < -0.39 is 17.5 Å². The summed E-state index contributed by atoms with van der Waals surface area (Å²) < 4.78 is 28.0. The van der Waals surface area contributed by atoms with Crippen LogP contribution in [0.1, 0.15) is 44.8 Å². The van der Waals surface area contributed by atoms with Gasteiger partial charge >= 0.3 is 0 Å². The Balaban J connectivity index is 1.34. The number of hydrogen-bond donors (Lipinski definition) is 1. The lowest BCUT2D eigenvalue weighted by atomic mass is 10.0. The molecular formula is C23H23F2N5O2. The van der Waals surface area contributed by atoms with Gasteiger partial charge in [-0.2, -0.15) is 0 Å². The first-order chi connectivity index (χ1) is 15.3. The van der Waals surface area contributed by atoms with Crippen molar-refractivity contribution in [2.24, 2.45) is 0 Å². The Hall–Kier alpha value is -3.62. The van der Waals surface area contributed by atoms with Crippen molar-refractivity contribution in [2.75, 3.05) is 13.1 Å². The van der Waals surface area contributed by atoms with Crippen LogP contribution in [0.4, 0.5) is 8.78 Å². The molecule has 4 rings (SSSR count). The van der Waals surface area contributed by atoms with Crippen molar-refractivity contribution in [3.05, 3.63) is 76.6 Å². The first kappa shape index (κ1) is 21.6. The molecular weight excluding hydrogens is 416 g/mol. The second-order valence-corrected chi connectivity index (χ2v) is 7.99. The molecule has 1 aliphatic rings. The quantitative estimate of drug-likeness (QED) is 0.677. The van der Waals surface area contributed by atoms with Gasteiger partial charge in [0.05, 0.1) is 11.9 Å². The first-order valence-corrected chi connectivity index (χ1v) is 10.4. The number of nitrogens with zero attached hydrogens (tertiary/aromatic N) is 4. The van der Waals surface area contributed by atoms with Crippen molar-refractivity contribution in [3.63, 3.8) is 0 Å². The van der Waals surface area contributed by atoms with E-state index in [0.717, 1.165) is 23.4 Å². The van der Waals surface area contributed by atoms with Gasteiger partial charge in [0.1, 0.15) is 0 Å². The van der Waals surface area contributed by atoms with Crippen LogP contribution in [0, 0.1) is 25.5 Å². The van der Waals surface area contributed by atoms with Crippen molar-refractivity contribution in [2.45, 2.75) is 32.7 Å². The van der Waals surface area contributed by atoms with Crippen LogP contribution < -0.4 is 5.32 Å². The van der Waals surface area contributed by atoms with Crippen molar-refractivity contribution in [1.82, 2.24) is 25.2 Å². The number of hydrogen-bond acceptors (Lipinski definition) is 4. The van der Waals surface area contributed by atoms with Crippen LogP contribution in [-0.4, -0.2) is 50.8 Å². The van der Waals surface area contributed by atoms with Crippen LogP contribution >= 0.6 is 0 Å². The van der Waals surface area contributed by atoms with Crippen LogP contribution in [0.15, 0.2) is 42.6 Å².